The highest BCUT2D eigenvalue weighted by Gasteiger charge is 2.58. The van der Waals surface area contributed by atoms with E-state index >= 15 is 0 Å². The summed E-state index contributed by atoms with van der Waals surface area (Å²) in [6.45, 7) is 6.25. The van der Waals surface area contributed by atoms with Gasteiger partial charge in [0.2, 0.25) is 5.91 Å². The molecule has 1 spiro atoms. The van der Waals surface area contributed by atoms with E-state index in [1.165, 1.54) is 16.7 Å². The Balaban J connectivity index is 1.02. The van der Waals surface area contributed by atoms with Gasteiger partial charge in [0.25, 0.3) is 0 Å². The average Bonchev–Trinajstić information content (AvgIpc) is 3.38. The van der Waals surface area contributed by atoms with Crippen molar-refractivity contribution in [3.8, 4) is 5.75 Å². The maximum atomic E-state index is 13.2. The molecule has 2 aromatic carbocycles. The highest BCUT2D eigenvalue weighted by Crippen LogP contribution is 2.59. The maximum absolute atomic E-state index is 13.2. The summed E-state index contributed by atoms with van der Waals surface area (Å²) in [7, 11) is 0. The van der Waals surface area contributed by atoms with Gasteiger partial charge in [0.05, 0.1) is 6.61 Å². The van der Waals surface area contributed by atoms with Gasteiger partial charge < -0.3 is 14.8 Å². The number of carbonyl (C=O) groups excluding carboxylic acids is 1. The minimum absolute atomic E-state index is 0.00148. The highest BCUT2D eigenvalue weighted by atomic mass is 16.5. The summed E-state index contributed by atoms with van der Waals surface area (Å²) in [5.74, 6) is 1.52. The predicted octanol–water partition coefficient (Wildman–Crippen LogP) is 4.09. The molecule has 3 aliphatic heterocycles. The Morgan fingerprint density at radius 2 is 1.79 bits per heavy atom. The number of hydrogen-bond donors (Lipinski definition) is 1. The Morgan fingerprint density at radius 1 is 1.00 bits per heavy atom. The molecule has 1 N–H and O–H groups in total. The minimum Gasteiger partial charge on any atom is -0.493 e. The largest absolute Gasteiger partial charge is 0.493 e. The van der Waals surface area contributed by atoms with Gasteiger partial charge in [-0.05, 0) is 73.4 Å². The third-order valence-electron chi connectivity index (χ3n) is 8.96. The van der Waals surface area contributed by atoms with Crippen molar-refractivity contribution < 1.29 is 14.3 Å². The van der Waals surface area contributed by atoms with E-state index in [1.807, 2.05) is 0 Å². The van der Waals surface area contributed by atoms with Crippen molar-refractivity contribution in [2.24, 2.45) is 11.3 Å². The lowest BCUT2D eigenvalue weighted by molar-refractivity contribution is -0.124. The molecule has 5 nitrogen and oxygen atoms in total. The lowest BCUT2D eigenvalue weighted by Crippen LogP contribution is -2.45. The number of benzene rings is 2. The van der Waals surface area contributed by atoms with Gasteiger partial charge in [0.15, 0.2) is 0 Å². The molecule has 0 radical (unpaired) electrons. The molecule has 34 heavy (non-hydrogen) atoms. The number of likely N-dealkylation sites (tertiary alicyclic amines) is 1. The third-order valence-corrected chi connectivity index (χ3v) is 8.96. The van der Waals surface area contributed by atoms with E-state index in [1.54, 1.807) is 0 Å². The number of hydrogen-bond acceptors (Lipinski definition) is 4. The predicted molar refractivity (Wildman–Crippen MR) is 132 cm³/mol. The topological polar surface area (TPSA) is 50.8 Å². The number of fused-ring (bicyclic) bond motifs is 1. The monoisotopic (exact) mass is 460 g/mol. The fourth-order valence-corrected chi connectivity index (χ4v) is 6.52. The van der Waals surface area contributed by atoms with Gasteiger partial charge in [0, 0.05) is 44.1 Å². The summed E-state index contributed by atoms with van der Waals surface area (Å²) in [5.41, 5.74) is 4.30. The third kappa shape index (κ3) is 4.25. The van der Waals surface area contributed by atoms with Crippen molar-refractivity contribution in [2.75, 3.05) is 39.5 Å². The number of rotatable bonds is 6. The second-order valence-electron chi connectivity index (χ2n) is 10.9. The van der Waals surface area contributed by atoms with Gasteiger partial charge in [0.1, 0.15) is 5.75 Å². The lowest BCUT2D eigenvalue weighted by atomic mass is 9.74. The Bertz CT molecular complexity index is 1020. The van der Waals surface area contributed by atoms with Crippen LogP contribution in [0.1, 0.15) is 48.8 Å². The number of ether oxygens (including phenoxy) is 2. The maximum Gasteiger partial charge on any atom is 0.223 e. The van der Waals surface area contributed by atoms with Crippen LogP contribution in [0.4, 0.5) is 0 Å². The van der Waals surface area contributed by atoms with Crippen LogP contribution in [-0.2, 0) is 27.9 Å². The van der Waals surface area contributed by atoms with Crippen LogP contribution in [0, 0.1) is 11.3 Å². The molecule has 5 heteroatoms. The molecule has 6 rings (SSSR count). The number of nitrogens with one attached hydrogen (secondary N) is 1. The Hall–Kier alpha value is -2.37. The number of piperidine rings is 1. The molecule has 2 aromatic rings. The molecule has 0 unspecified atom stereocenters. The first-order chi connectivity index (χ1) is 16.7. The normalized spacial score (nSPS) is 24.9. The second kappa shape index (κ2) is 9.01. The van der Waals surface area contributed by atoms with Crippen molar-refractivity contribution in [3.63, 3.8) is 0 Å². The molecule has 0 bridgehead atoms. The molecule has 1 amide bonds. The first kappa shape index (κ1) is 22.1. The zero-order valence-corrected chi connectivity index (χ0v) is 20.1. The van der Waals surface area contributed by atoms with Gasteiger partial charge in [-0.1, -0.05) is 42.5 Å². The smallest absolute Gasteiger partial charge is 0.223 e. The van der Waals surface area contributed by atoms with E-state index in [0.29, 0.717) is 0 Å². The summed E-state index contributed by atoms with van der Waals surface area (Å²) < 4.78 is 11.3. The molecule has 1 saturated carbocycles. The van der Waals surface area contributed by atoms with Crippen LogP contribution in [0.3, 0.4) is 0 Å². The SMILES string of the molecule is O=C(NCC1(c2ccccc2)CCOCC1)[C@@H]1CC12CCN(Cc1ccc3c(c1)CCO3)CC2. The van der Waals surface area contributed by atoms with E-state index in [4.69, 9.17) is 9.47 Å². The van der Waals surface area contributed by atoms with Crippen LogP contribution < -0.4 is 10.1 Å². The fraction of sp³-hybridized carbons (Fsp3) is 0.552. The molecule has 3 heterocycles. The van der Waals surface area contributed by atoms with Crippen molar-refractivity contribution in [3.05, 3.63) is 65.2 Å². The standard InChI is InChI=1S/C29H36N2O3/c32-27(30-21-29(11-16-33-17-12-29)24-4-2-1-3-5-24)25-19-28(25)9-13-31(14-10-28)20-22-6-7-26-23(18-22)8-15-34-26/h1-7,18,25H,8-17,19-21H2,(H,30,32)/t25-/m0/s1. The van der Waals surface area contributed by atoms with Gasteiger partial charge in [-0.2, -0.15) is 0 Å². The van der Waals surface area contributed by atoms with E-state index in [9.17, 15) is 4.79 Å². The van der Waals surface area contributed by atoms with Crippen LogP contribution >= 0.6 is 0 Å². The van der Waals surface area contributed by atoms with Crippen LogP contribution in [0.2, 0.25) is 0 Å². The summed E-state index contributed by atoms with van der Waals surface area (Å²) >= 11 is 0. The van der Waals surface area contributed by atoms with E-state index in [0.717, 1.165) is 90.3 Å². The van der Waals surface area contributed by atoms with Crippen molar-refractivity contribution >= 4 is 5.91 Å². The number of carbonyl (C=O) groups is 1. The lowest BCUT2D eigenvalue weighted by Gasteiger charge is -2.38. The highest BCUT2D eigenvalue weighted by molar-refractivity contribution is 5.82. The molecule has 4 aliphatic rings. The number of nitrogens with zero attached hydrogens (tertiary/aromatic N) is 1. The van der Waals surface area contributed by atoms with Gasteiger partial charge in [-0.3, -0.25) is 9.69 Å². The van der Waals surface area contributed by atoms with Crippen LogP contribution in [0.5, 0.6) is 5.75 Å². The van der Waals surface area contributed by atoms with E-state index in [2.05, 4.69) is 58.7 Å². The molecule has 3 fully saturated rings. The molecule has 1 atom stereocenters. The molecular weight excluding hydrogens is 424 g/mol. The average molecular weight is 461 g/mol. The summed E-state index contributed by atoms with van der Waals surface area (Å²) in [5, 5.41) is 3.38. The van der Waals surface area contributed by atoms with Gasteiger partial charge in [-0.25, -0.2) is 0 Å². The molecule has 0 aromatic heterocycles. The minimum atomic E-state index is 0.00148. The molecule has 180 valence electrons. The second-order valence-corrected chi connectivity index (χ2v) is 10.9. The fourth-order valence-electron chi connectivity index (χ4n) is 6.52. The van der Waals surface area contributed by atoms with Crippen molar-refractivity contribution in [2.45, 2.75) is 50.5 Å². The summed E-state index contributed by atoms with van der Waals surface area (Å²) in [6, 6.07) is 17.3. The Kier molecular flexibility index (Phi) is 5.86. The van der Waals surface area contributed by atoms with E-state index in [-0.39, 0.29) is 22.7 Å². The Morgan fingerprint density at radius 3 is 2.59 bits per heavy atom. The van der Waals surface area contributed by atoms with Crippen molar-refractivity contribution in [1.82, 2.24) is 10.2 Å². The van der Waals surface area contributed by atoms with Crippen LogP contribution in [0.15, 0.2) is 48.5 Å². The molecule has 2 saturated heterocycles. The van der Waals surface area contributed by atoms with Crippen LogP contribution in [-0.4, -0.2) is 50.3 Å². The van der Waals surface area contributed by atoms with Crippen LogP contribution in [0.25, 0.3) is 0 Å². The van der Waals surface area contributed by atoms with E-state index < -0.39 is 0 Å². The first-order valence-electron chi connectivity index (χ1n) is 13.0. The number of amides is 1. The molecule has 1 aliphatic carbocycles. The molecular formula is C29H36N2O3. The summed E-state index contributed by atoms with van der Waals surface area (Å²) in [4.78, 5) is 15.8. The van der Waals surface area contributed by atoms with Crippen molar-refractivity contribution in [1.29, 1.82) is 0 Å². The zero-order valence-electron chi connectivity index (χ0n) is 20.1. The quantitative estimate of drug-likeness (QED) is 0.706. The van der Waals surface area contributed by atoms with Gasteiger partial charge in [-0.15, -0.1) is 0 Å². The summed E-state index contributed by atoms with van der Waals surface area (Å²) in [6.07, 6.45) is 6.30. The first-order valence-corrected chi connectivity index (χ1v) is 13.0. The van der Waals surface area contributed by atoms with Gasteiger partial charge >= 0.3 is 0 Å². The Labute approximate surface area is 202 Å². The zero-order chi connectivity index (χ0) is 23.0.